The molecule has 43 heavy (non-hydrogen) atoms. The average Bonchev–Trinajstić information content (AvgIpc) is 3.59. The highest BCUT2D eigenvalue weighted by atomic mass is 35.5. The van der Waals surface area contributed by atoms with Gasteiger partial charge in [-0.1, -0.05) is 53.5 Å². The van der Waals surface area contributed by atoms with Crippen LogP contribution in [-0.2, 0) is 11.3 Å². The summed E-state index contributed by atoms with van der Waals surface area (Å²) in [6.45, 7) is 1.88. The Morgan fingerprint density at radius 2 is 1.84 bits per heavy atom. The zero-order valence-corrected chi connectivity index (χ0v) is 24.8. The van der Waals surface area contributed by atoms with Gasteiger partial charge in [0, 0.05) is 54.5 Å². The van der Waals surface area contributed by atoms with E-state index in [4.69, 9.17) is 27.9 Å². The molecular weight excluding hydrogens is 592 g/mol. The second-order valence-electron chi connectivity index (χ2n) is 10.8. The predicted octanol–water partition coefficient (Wildman–Crippen LogP) is 6.68. The number of carbonyl (C=O) groups is 2. The summed E-state index contributed by atoms with van der Waals surface area (Å²) in [5.41, 5.74) is 3.54. The summed E-state index contributed by atoms with van der Waals surface area (Å²) in [4.78, 5) is 33.9. The van der Waals surface area contributed by atoms with Crippen molar-refractivity contribution in [3.05, 3.63) is 87.8 Å². The third kappa shape index (κ3) is 5.68. The lowest BCUT2D eigenvalue weighted by Gasteiger charge is -2.24. The first-order valence-corrected chi connectivity index (χ1v) is 14.6. The molecule has 0 aliphatic carbocycles. The summed E-state index contributed by atoms with van der Waals surface area (Å²) >= 11 is 13.8. The third-order valence-electron chi connectivity index (χ3n) is 8.06. The van der Waals surface area contributed by atoms with Crippen molar-refractivity contribution in [2.75, 3.05) is 25.5 Å². The van der Waals surface area contributed by atoms with E-state index in [0.717, 1.165) is 19.4 Å². The van der Waals surface area contributed by atoms with E-state index in [0.29, 0.717) is 75.0 Å². The maximum Gasteiger partial charge on any atom is 0.224 e. The van der Waals surface area contributed by atoms with Gasteiger partial charge < -0.3 is 15.4 Å². The van der Waals surface area contributed by atoms with Crippen molar-refractivity contribution in [2.24, 2.45) is 0 Å². The van der Waals surface area contributed by atoms with Crippen molar-refractivity contribution in [1.29, 1.82) is 0 Å². The molecule has 2 aromatic carbocycles. The highest BCUT2D eigenvalue weighted by Gasteiger charge is 2.43. The fraction of sp³-hybridized carbons (Fsp3) is 0.250. The first-order chi connectivity index (χ1) is 20.8. The quantitative estimate of drug-likeness (QED) is 0.212. The normalized spacial score (nSPS) is 18.2. The lowest BCUT2D eigenvalue weighted by atomic mass is 9.97. The molecule has 220 valence electrons. The van der Waals surface area contributed by atoms with Crippen LogP contribution in [0.2, 0.25) is 10.0 Å². The molecule has 4 heterocycles. The number of rotatable bonds is 8. The van der Waals surface area contributed by atoms with Gasteiger partial charge in [-0.2, -0.15) is 0 Å². The summed E-state index contributed by atoms with van der Waals surface area (Å²) < 4.78 is 20.9. The Morgan fingerprint density at radius 1 is 1.07 bits per heavy atom. The molecule has 2 aliphatic rings. The minimum atomic E-state index is -0.459. The second-order valence-corrected chi connectivity index (χ2v) is 11.5. The molecule has 2 aromatic heterocycles. The molecule has 2 aliphatic heterocycles. The highest BCUT2D eigenvalue weighted by Crippen LogP contribution is 2.42. The number of methoxy groups -OCH3 is 1. The number of hydrogen-bond donors (Lipinski definition) is 2. The number of aldehydes is 1. The van der Waals surface area contributed by atoms with Crippen LogP contribution >= 0.6 is 23.2 Å². The number of aromatic nitrogens is 2. The van der Waals surface area contributed by atoms with Gasteiger partial charge in [-0.25, -0.2) is 14.4 Å². The summed E-state index contributed by atoms with van der Waals surface area (Å²) in [6.07, 6.45) is 4.46. The Kier molecular flexibility index (Phi) is 8.05. The molecule has 11 heteroatoms. The fourth-order valence-corrected chi connectivity index (χ4v) is 6.46. The van der Waals surface area contributed by atoms with Crippen molar-refractivity contribution >= 4 is 46.9 Å². The average molecular weight is 621 g/mol. The van der Waals surface area contributed by atoms with Gasteiger partial charge in [0.1, 0.15) is 0 Å². The largest absolute Gasteiger partial charge is 0.480 e. The molecule has 1 spiro atoms. The second kappa shape index (κ2) is 11.9. The number of likely N-dealkylation sites (tertiary alicyclic amines) is 1. The molecule has 4 aromatic rings. The Bertz CT molecular complexity index is 1740. The van der Waals surface area contributed by atoms with E-state index in [2.05, 4.69) is 25.5 Å². The van der Waals surface area contributed by atoms with E-state index in [1.807, 2.05) is 24.3 Å². The first-order valence-electron chi connectivity index (χ1n) is 13.8. The van der Waals surface area contributed by atoms with Crippen LogP contribution in [0, 0.1) is 5.82 Å². The fourth-order valence-electron chi connectivity index (χ4n) is 5.86. The van der Waals surface area contributed by atoms with Gasteiger partial charge >= 0.3 is 0 Å². The van der Waals surface area contributed by atoms with Gasteiger partial charge in [-0.3, -0.25) is 14.5 Å². The molecule has 6 rings (SSSR count). The van der Waals surface area contributed by atoms with Crippen LogP contribution in [-0.4, -0.2) is 52.8 Å². The van der Waals surface area contributed by atoms with Gasteiger partial charge in [0.2, 0.25) is 11.8 Å². The van der Waals surface area contributed by atoms with Crippen LogP contribution in [0.15, 0.2) is 60.8 Å². The van der Waals surface area contributed by atoms with Gasteiger partial charge in [0.25, 0.3) is 0 Å². The number of ether oxygens (including phenoxy) is 1. The molecule has 2 fully saturated rings. The summed E-state index contributed by atoms with van der Waals surface area (Å²) in [5, 5.41) is 6.92. The van der Waals surface area contributed by atoms with Crippen molar-refractivity contribution < 1.29 is 18.7 Å². The lowest BCUT2D eigenvalue weighted by molar-refractivity contribution is -0.119. The van der Waals surface area contributed by atoms with Gasteiger partial charge in [-0.15, -0.1) is 0 Å². The number of benzene rings is 2. The van der Waals surface area contributed by atoms with Crippen LogP contribution in [0.1, 0.15) is 35.2 Å². The molecule has 0 bridgehead atoms. The van der Waals surface area contributed by atoms with Crippen LogP contribution in [0.3, 0.4) is 0 Å². The van der Waals surface area contributed by atoms with Crippen molar-refractivity contribution in [1.82, 2.24) is 20.2 Å². The molecule has 8 nitrogen and oxygen atoms in total. The van der Waals surface area contributed by atoms with Crippen LogP contribution in [0.5, 0.6) is 5.88 Å². The summed E-state index contributed by atoms with van der Waals surface area (Å²) in [5.74, 6) is -0.115. The molecule has 2 saturated heterocycles. The minimum absolute atomic E-state index is 0.0611. The number of amides is 1. The highest BCUT2D eigenvalue weighted by molar-refractivity contribution is 6.39. The van der Waals surface area contributed by atoms with E-state index in [1.54, 1.807) is 36.5 Å². The van der Waals surface area contributed by atoms with Gasteiger partial charge in [-0.05, 0) is 37.1 Å². The van der Waals surface area contributed by atoms with E-state index >= 15 is 4.39 Å². The van der Waals surface area contributed by atoms with Crippen molar-refractivity contribution in [3.63, 3.8) is 0 Å². The Labute approximate surface area is 258 Å². The van der Waals surface area contributed by atoms with Crippen LogP contribution < -0.4 is 15.4 Å². The number of halogens is 3. The maximum atomic E-state index is 15.7. The Hall–Kier alpha value is -4.05. The monoisotopic (exact) mass is 619 g/mol. The minimum Gasteiger partial charge on any atom is -0.480 e. The van der Waals surface area contributed by atoms with E-state index in [9.17, 15) is 9.59 Å². The number of hydrogen-bond acceptors (Lipinski definition) is 7. The first kappa shape index (κ1) is 29.0. The van der Waals surface area contributed by atoms with E-state index in [-0.39, 0.29) is 23.1 Å². The SMILES string of the molecule is COc1nc(-c2cccc(-c3cccc(Nc4nccc(CN5CCC6(CCC(=O)N6)C5)c4F)c3Cl)c2Cl)ccc1C=O. The predicted molar refractivity (Wildman–Crippen MR) is 165 cm³/mol. The molecule has 1 atom stereocenters. The van der Waals surface area contributed by atoms with Gasteiger partial charge in [0.05, 0.1) is 39.6 Å². The zero-order chi connectivity index (χ0) is 30.1. The van der Waals surface area contributed by atoms with Crippen LogP contribution in [0.25, 0.3) is 22.4 Å². The standard InChI is InChI=1S/C32H28Cl2FN5O3/c1-43-31-20(17-41)8-9-24(38-31)23-6-2-4-21(27(23)33)22-5-3-7-25(28(22)34)37-30-29(35)19(11-14-36-30)16-40-15-13-32(18-40)12-10-26(42)39-32/h2-9,11,14,17H,10,12-13,15-16,18H2,1H3,(H,36,37)(H,39,42). The number of nitrogens with one attached hydrogen (secondary N) is 2. The number of pyridine rings is 2. The zero-order valence-electron chi connectivity index (χ0n) is 23.3. The molecule has 0 saturated carbocycles. The maximum absolute atomic E-state index is 15.7. The number of anilines is 2. The topological polar surface area (TPSA) is 96.4 Å². The van der Waals surface area contributed by atoms with Gasteiger partial charge in [0.15, 0.2) is 17.9 Å². The number of nitrogens with zero attached hydrogens (tertiary/aromatic N) is 3. The Morgan fingerprint density at radius 3 is 2.58 bits per heavy atom. The molecular formula is C32H28Cl2FN5O3. The van der Waals surface area contributed by atoms with E-state index < -0.39 is 5.82 Å². The lowest BCUT2D eigenvalue weighted by Crippen LogP contribution is -2.43. The van der Waals surface area contributed by atoms with Crippen molar-refractivity contribution in [2.45, 2.75) is 31.3 Å². The number of carbonyl (C=O) groups excluding carboxylic acids is 2. The molecule has 0 radical (unpaired) electrons. The summed E-state index contributed by atoms with van der Waals surface area (Å²) in [6, 6.07) is 15.9. The summed E-state index contributed by atoms with van der Waals surface area (Å²) in [7, 11) is 1.45. The molecule has 1 unspecified atom stereocenters. The molecule has 1 amide bonds. The third-order valence-corrected chi connectivity index (χ3v) is 8.87. The Balaban J connectivity index is 1.25. The van der Waals surface area contributed by atoms with E-state index in [1.165, 1.54) is 7.11 Å². The van der Waals surface area contributed by atoms with Crippen molar-refractivity contribution in [3.8, 4) is 28.3 Å². The van der Waals surface area contributed by atoms with Crippen LogP contribution in [0.4, 0.5) is 15.9 Å². The smallest absolute Gasteiger partial charge is 0.224 e. The molecule has 2 N–H and O–H groups in total.